The zero-order chi connectivity index (χ0) is 18.1. The molecule has 2 atom stereocenters. The fourth-order valence-corrected chi connectivity index (χ4v) is 4.30. The van der Waals surface area contributed by atoms with Gasteiger partial charge in [0.05, 0.1) is 24.2 Å². The van der Waals surface area contributed by atoms with Crippen molar-refractivity contribution in [1.82, 2.24) is 14.7 Å². The van der Waals surface area contributed by atoms with Crippen LogP contribution in [0.3, 0.4) is 0 Å². The molecule has 0 radical (unpaired) electrons. The Labute approximate surface area is 154 Å². The number of urea groups is 1. The Morgan fingerprint density at radius 1 is 1.19 bits per heavy atom. The third-order valence-electron chi connectivity index (χ3n) is 5.64. The molecule has 2 unspecified atom stereocenters. The van der Waals surface area contributed by atoms with Crippen LogP contribution in [0.5, 0.6) is 0 Å². The van der Waals surface area contributed by atoms with Crippen molar-refractivity contribution in [3.05, 3.63) is 47.3 Å². The van der Waals surface area contributed by atoms with Gasteiger partial charge in [-0.25, -0.2) is 4.79 Å². The van der Waals surface area contributed by atoms with E-state index in [-0.39, 0.29) is 18.1 Å². The highest BCUT2D eigenvalue weighted by molar-refractivity contribution is 5.79. The van der Waals surface area contributed by atoms with Crippen LogP contribution in [0.4, 0.5) is 4.79 Å². The summed E-state index contributed by atoms with van der Waals surface area (Å²) in [6.45, 7) is 2.94. The van der Waals surface area contributed by atoms with E-state index < -0.39 is 0 Å². The number of carbonyl (C=O) groups excluding carboxylic acids is 1. The first-order valence-corrected chi connectivity index (χ1v) is 9.46. The van der Waals surface area contributed by atoms with Gasteiger partial charge in [0.2, 0.25) is 0 Å². The molecule has 3 heterocycles. The molecule has 0 spiro atoms. The summed E-state index contributed by atoms with van der Waals surface area (Å²) in [6.07, 6.45) is 6.38. The second kappa shape index (κ2) is 7.00. The molecular formula is C20H25N5O. The Morgan fingerprint density at radius 3 is 2.81 bits per heavy atom. The first-order valence-electron chi connectivity index (χ1n) is 9.46. The summed E-state index contributed by atoms with van der Waals surface area (Å²) in [7, 11) is 0. The van der Waals surface area contributed by atoms with Crippen LogP contribution in [0, 0.1) is 11.3 Å². The minimum absolute atomic E-state index is 0.0527. The smallest absolute Gasteiger partial charge is 0.326 e. The number of nitriles is 1. The summed E-state index contributed by atoms with van der Waals surface area (Å²) in [6, 6.07) is 10.2. The van der Waals surface area contributed by atoms with E-state index in [1.54, 1.807) is 0 Å². The van der Waals surface area contributed by atoms with Gasteiger partial charge in [-0.3, -0.25) is 4.90 Å². The predicted molar refractivity (Wildman–Crippen MR) is 98.7 cm³/mol. The van der Waals surface area contributed by atoms with Gasteiger partial charge in [-0.15, -0.1) is 0 Å². The van der Waals surface area contributed by atoms with Gasteiger partial charge in [0, 0.05) is 25.7 Å². The average Bonchev–Trinajstić information content (AvgIpc) is 3.13. The van der Waals surface area contributed by atoms with E-state index in [4.69, 9.17) is 5.73 Å². The normalized spacial score (nSPS) is 25.8. The largest absolute Gasteiger partial charge is 0.357 e. The molecule has 26 heavy (non-hydrogen) atoms. The summed E-state index contributed by atoms with van der Waals surface area (Å²) in [5.74, 6) is 0.973. The molecule has 0 bridgehead atoms. The van der Waals surface area contributed by atoms with E-state index in [0.717, 1.165) is 56.7 Å². The van der Waals surface area contributed by atoms with E-state index in [2.05, 4.69) is 17.0 Å². The SMILES string of the molecule is N#Cc1ccccc1CN1C(=O)N2CCCC2C=C1N1CCCC(N)C1. The van der Waals surface area contributed by atoms with Crippen molar-refractivity contribution in [3.63, 3.8) is 0 Å². The van der Waals surface area contributed by atoms with E-state index >= 15 is 0 Å². The number of benzene rings is 1. The summed E-state index contributed by atoms with van der Waals surface area (Å²) in [5, 5.41) is 9.41. The van der Waals surface area contributed by atoms with Crippen molar-refractivity contribution in [1.29, 1.82) is 5.26 Å². The fourth-order valence-electron chi connectivity index (χ4n) is 4.30. The second-order valence-corrected chi connectivity index (χ2v) is 7.41. The number of hydrogen-bond acceptors (Lipinski definition) is 4. The number of amides is 2. The van der Waals surface area contributed by atoms with Crippen LogP contribution in [-0.2, 0) is 6.54 Å². The van der Waals surface area contributed by atoms with Crippen LogP contribution in [-0.4, -0.2) is 52.4 Å². The fraction of sp³-hybridized carbons (Fsp3) is 0.500. The summed E-state index contributed by atoms with van der Waals surface area (Å²) >= 11 is 0. The number of rotatable bonds is 3. The highest BCUT2D eigenvalue weighted by atomic mass is 16.2. The molecule has 136 valence electrons. The van der Waals surface area contributed by atoms with Gasteiger partial charge in [0.1, 0.15) is 5.82 Å². The lowest BCUT2D eigenvalue weighted by Gasteiger charge is -2.44. The van der Waals surface area contributed by atoms with Gasteiger partial charge in [0.15, 0.2) is 0 Å². The first-order chi connectivity index (χ1) is 12.7. The van der Waals surface area contributed by atoms with Gasteiger partial charge in [0.25, 0.3) is 0 Å². The van der Waals surface area contributed by atoms with Crippen molar-refractivity contribution in [2.45, 2.75) is 44.3 Å². The highest BCUT2D eigenvalue weighted by Gasteiger charge is 2.39. The van der Waals surface area contributed by atoms with Gasteiger partial charge in [-0.2, -0.15) is 5.26 Å². The minimum atomic E-state index is 0.0527. The topological polar surface area (TPSA) is 76.6 Å². The van der Waals surface area contributed by atoms with Crippen LogP contribution in [0.25, 0.3) is 0 Å². The minimum Gasteiger partial charge on any atom is -0.357 e. The number of hydrogen-bond donors (Lipinski definition) is 1. The lowest BCUT2D eigenvalue weighted by atomic mass is 10.0. The lowest BCUT2D eigenvalue weighted by molar-refractivity contribution is 0.120. The summed E-state index contributed by atoms with van der Waals surface area (Å²) in [5.41, 5.74) is 7.70. The number of piperidine rings is 1. The van der Waals surface area contributed by atoms with Crippen LogP contribution in [0.15, 0.2) is 36.2 Å². The zero-order valence-corrected chi connectivity index (χ0v) is 15.0. The molecule has 3 aliphatic rings. The van der Waals surface area contributed by atoms with Gasteiger partial charge >= 0.3 is 6.03 Å². The Balaban J connectivity index is 1.68. The maximum atomic E-state index is 13.2. The molecule has 4 rings (SSSR count). The van der Waals surface area contributed by atoms with Crippen LogP contribution >= 0.6 is 0 Å². The molecule has 0 aromatic heterocycles. The Morgan fingerprint density at radius 2 is 2.00 bits per heavy atom. The highest BCUT2D eigenvalue weighted by Crippen LogP contribution is 2.32. The molecule has 1 aromatic carbocycles. The maximum Gasteiger partial charge on any atom is 0.326 e. The number of nitrogens with zero attached hydrogens (tertiary/aromatic N) is 4. The van der Waals surface area contributed by atoms with Crippen molar-refractivity contribution >= 4 is 6.03 Å². The molecule has 0 aliphatic carbocycles. The van der Waals surface area contributed by atoms with Crippen molar-refractivity contribution < 1.29 is 4.79 Å². The second-order valence-electron chi connectivity index (χ2n) is 7.41. The molecule has 2 amide bonds. The van der Waals surface area contributed by atoms with Crippen LogP contribution in [0.2, 0.25) is 0 Å². The quantitative estimate of drug-likeness (QED) is 0.906. The molecule has 3 aliphatic heterocycles. The van der Waals surface area contributed by atoms with Crippen LogP contribution < -0.4 is 5.73 Å². The molecule has 2 N–H and O–H groups in total. The molecular weight excluding hydrogens is 326 g/mol. The van der Waals surface area contributed by atoms with Crippen molar-refractivity contribution in [3.8, 4) is 6.07 Å². The van der Waals surface area contributed by atoms with Crippen molar-refractivity contribution in [2.24, 2.45) is 5.73 Å². The summed E-state index contributed by atoms with van der Waals surface area (Å²) < 4.78 is 0. The Hall–Kier alpha value is -2.52. The zero-order valence-electron chi connectivity index (χ0n) is 15.0. The van der Waals surface area contributed by atoms with E-state index in [0.29, 0.717) is 12.1 Å². The first kappa shape index (κ1) is 16.9. The standard InChI is InChI=1S/C20H25N5O/c21-12-15-5-1-2-6-16(15)13-25-19(23-9-3-7-17(22)14-23)11-18-8-4-10-24(18)20(25)26/h1-2,5-6,11,17-18H,3-4,7-10,13-14,22H2. The molecule has 6 heteroatoms. The number of carbonyl (C=O) groups is 1. The molecule has 0 saturated carbocycles. The van der Waals surface area contributed by atoms with Crippen molar-refractivity contribution in [2.75, 3.05) is 19.6 Å². The van der Waals surface area contributed by atoms with E-state index in [1.807, 2.05) is 34.1 Å². The number of likely N-dealkylation sites (tertiary alicyclic amines) is 1. The average molecular weight is 351 g/mol. The van der Waals surface area contributed by atoms with Gasteiger partial charge < -0.3 is 15.5 Å². The third-order valence-corrected chi connectivity index (χ3v) is 5.64. The monoisotopic (exact) mass is 351 g/mol. The molecule has 6 nitrogen and oxygen atoms in total. The summed E-state index contributed by atoms with van der Waals surface area (Å²) in [4.78, 5) is 19.3. The number of nitrogens with two attached hydrogens (primary N) is 1. The predicted octanol–water partition coefficient (Wildman–Crippen LogP) is 2.22. The van der Waals surface area contributed by atoms with E-state index in [1.165, 1.54) is 0 Å². The lowest BCUT2D eigenvalue weighted by Crippen LogP contribution is -2.54. The van der Waals surface area contributed by atoms with Gasteiger partial charge in [-0.1, -0.05) is 18.2 Å². The molecule has 2 fully saturated rings. The Kier molecular flexibility index (Phi) is 4.56. The van der Waals surface area contributed by atoms with Gasteiger partial charge in [-0.05, 0) is 43.4 Å². The maximum absolute atomic E-state index is 13.2. The van der Waals surface area contributed by atoms with Crippen LogP contribution in [0.1, 0.15) is 36.8 Å². The third kappa shape index (κ3) is 3.04. The Bertz CT molecular complexity index is 768. The molecule has 2 saturated heterocycles. The number of fused-ring (bicyclic) bond motifs is 1. The van der Waals surface area contributed by atoms with E-state index in [9.17, 15) is 10.1 Å². The molecule has 1 aromatic rings.